The molecule has 2 N–H and O–H groups in total. The minimum absolute atomic E-state index is 0.469. The Kier molecular flexibility index (Phi) is 4.15. The fourth-order valence-electron chi connectivity index (χ4n) is 2.66. The molecule has 2 aromatic heterocycles. The van der Waals surface area contributed by atoms with E-state index in [4.69, 9.17) is 0 Å². The molecule has 128 valence electrons. The number of hydrogen-bond donors (Lipinski definition) is 2. The van der Waals surface area contributed by atoms with Crippen molar-refractivity contribution in [3.05, 3.63) is 72.1 Å². The molecule has 2 heterocycles. The largest absolute Gasteiger partial charge is 0.338 e. The van der Waals surface area contributed by atoms with Crippen LogP contribution in [0.1, 0.15) is 11.1 Å². The number of benzene rings is 2. The topological polar surface area (TPSA) is 75.6 Å². The second-order valence-electron chi connectivity index (χ2n) is 6.06. The highest BCUT2D eigenvalue weighted by Crippen LogP contribution is 2.26. The molecule has 0 spiro atoms. The van der Waals surface area contributed by atoms with Gasteiger partial charge in [-0.3, -0.25) is 0 Å². The van der Waals surface area contributed by atoms with Crippen molar-refractivity contribution in [1.82, 2.24) is 19.9 Å². The van der Waals surface area contributed by atoms with E-state index in [2.05, 4.69) is 62.6 Å². The standard InChI is InChI=1S/C20H18N6/c1-13-8-9-14(2)16(12-13)24-19-17-18(22-11-10-21-17)25-20(26-19)23-15-6-4-3-5-7-15/h3-12H,1-2H3,(H2,22,23,24,25,26). The summed E-state index contributed by atoms with van der Waals surface area (Å²) in [5, 5.41) is 6.61. The molecule has 6 nitrogen and oxygen atoms in total. The molecule has 0 unspecified atom stereocenters. The predicted molar refractivity (Wildman–Crippen MR) is 104 cm³/mol. The number of fused-ring (bicyclic) bond motifs is 1. The zero-order valence-corrected chi connectivity index (χ0v) is 14.6. The number of nitrogens with zero attached hydrogens (tertiary/aromatic N) is 4. The van der Waals surface area contributed by atoms with Gasteiger partial charge in [-0.2, -0.15) is 9.97 Å². The molecule has 0 aliphatic carbocycles. The highest BCUT2D eigenvalue weighted by Gasteiger charge is 2.11. The molecule has 0 saturated carbocycles. The van der Waals surface area contributed by atoms with E-state index < -0.39 is 0 Å². The van der Waals surface area contributed by atoms with Crippen molar-refractivity contribution in [3.63, 3.8) is 0 Å². The Hall–Kier alpha value is -3.54. The molecule has 4 aromatic rings. The Morgan fingerprint density at radius 1 is 0.808 bits per heavy atom. The third-order valence-electron chi connectivity index (χ3n) is 4.01. The molecular formula is C20H18N6. The average Bonchev–Trinajstić information content (AvgIpc) is 2.65. The first kappa shape index (κ1) is 16.0. The van der Waals surface area contributed by atoms with Crippen LogP contribution in [0.4, 0.5) is 23.1 Å². The molecule has 0 atom stereocenters. The van der Waals surface area contributed by atoms with Gasteiger partial charge >= 0.3 is 0 Å². The van der Waals surface area contributed by atoms with Crippen LogP contribution in [0.2, 0.25) is 0 Å². The van der Waals surface area contributed by atoms with Gasteiger partial charge in [0.05, 0.1) is 0 Å². The van der Waals surface area contributed by atoms with Gasteiger partial charge in [-0.05, 0) is 43.2 Å². The summed E-state index contributed by atoms with van der Waals surface area (Å²) in [5.74, 6) is 1.09. The fourth-order valence-corrected chi connectivity index (χ4v) is 2.66. The smallest absolute Gasteiger partial charge is 0.231 e. The first-order chi connectivity index (χ1) is 12.7. The van der Waals surface area contributed by atoms with Crippen LogP contribution in [0.5, 0.6) is 0 Å². The van der Waals surface area contributed by atoms with Crippen molar-refractivity contribution < 1.29 is 0 Å². The van der Waals surface area contributed by atoms with E-state index in [1.807, 2.05) is 30.3 Å². The van der Waals surface area contributed by atoms with Gasteiger partial charge in [0, 0.05) is 23.8 Å². The first-order valence-corrected chi connectivity index (χ1v) is 8.34. The van der Waals surface area contributed by atoms with E-state index in [0.29, 0.717) is 22.9 Å². The summed E-state index contributed by atoms with van der Waals surface area (Å²) < 4.78 is 0. The molecule has 26 heavy (non-hydrogen) atoms. The molecule has 0 fully saturated rings. The monoisotopic (exact) mass is 342 g/mol. The van der Waals surface area contributed by atoms with E-state index in [0.717, 1.165) is 16.9 Å². The Morgan fingerprint density at radius 2 is 1.62 bits per heavy atom. The van der Waals surface area contributed by atoms with Gasteiger partial charge in [-0.15, -0.1) is 0 Å². The van der Waals surface area contributed by atoms with Crippen molar-refractivity contribution in [1.29, 1.82) is 0 Å². The Labute approximate surface area is 151 Å². The Balaban J connectivity index is 1.78. The zero-order chi connectivity index (χ0) is 17.9. The van der Waals surface area contributed by atoms with Crippen LogP contribution in [0.3, 0.4) is 0 Å². The molecular weight excluding hydrogens is 324 g/mol. The minimum Gasteiger partial charge on any atom is -0.338 e. The number of hydrogen-bond acceptors (Lipinski definition) is 6. The highest BCUT2D eigenvalue weighted by molar-refractivity contribution is 5.86. The Bertz CT molecular complexity index is 1060. The molecule has 0 bridgehead atoms. The van der Waals surface area contributed by atoms with Crippen LogP contribution in [0.15, 0.2) is 60.9 Å². The van der Waals surface area contributed by atoms with E-state index >= 15 is 0 Å². The summed E-state index contributed by atoms with van der Waals surface area (Å²) in [6.45, 7) is 4.12. The lowest BCUT2D eigenvalue weighted by Crippen LogP contribution is -2.04. The zero-order valence-electron chi connectivity index (χ0n) is 14.6. The normalized spacial score (nSPS) is 10.7. The maximum absolute atomic E-state index is 4.63. The number of nitrogens with one attached hydrogen (secondary N) is 2. The van der Waals surface area contributed by atoms with Gasteiger partial charge in [-0.25, -0.2) is 9.97 Å². The van der Waals surface area contributed by atoms with Crippen molar-refractivity contribution >= 4 is 34.3 Å². The van der Waals surface area contributed by atoms with E-state index in [-0.39, 0.29) is 0 Å². The third kappa shape index (κ3) is 3.30. The lowest BCUT2D eigenvalue weighted by molar-refractivity contribution is 1.14. The molecule has 0 radical (unpaired) electrons. The van der Waals surface area contributed by atoms with Gasteiger partial charge < -0.3 is 10.6 Å². The quantitative estimate of drug-likeness (QED) is 0.568. The fraction of sp³-hybridized carbons (Fsp3) is 0.100. The minimum atomic E-state index is 0.469. The number of rotatable bonds is 4. The molecule has 2 aromatic carbocycles. The number of anilines is 4. The van der Waals surface area contributed by atoms with Gasteiger partial charge in [0.1, 0.15) is 0 Å². The molecule has 0 saturated heterocycles. The number of aryl methyl sites for hydroxylation is 2. The number of aromatic nitrogens is 4. The van der Waals surface area contributed by atoms with Crippen LogP contribution in [-0.4, -0.2) is 19.9 Å². The molecule has 0 aliphatic rings. The number of para-hydroxylation sites is 1. The Morgan fingerprint density at radius 3 is 2.46 bits per heavy atom. The van der Waals surface area contributed by atoms with Gasteiger partial charge in [0.2, 0.25) is 5.95 Å². The SMILES string of the molecule is Cc1ccc(C)c(Nc2nc(Nc3ccccc3)nc3nccnc23)c1. The van der Waals surface area contributed by atoms with Crippen molar-refractivity contribution in [3.8, 4) is 0 Å². The van der Waals surface area contributed by atoms with Crippen LogP contribution in [0.25, 0.3) is 11.2 Å². The van der Waals surface area contributed by atoms with Gasteiger partial charge in [0.25, 0.3) is 0 Å². The van der Waals surface area contributed by atoms with Crippen molar-refractivity contribution in [2.75, 3.05) is 10.6 Å². The lowest BCUT2D eigenvalue weighted by Gasteiger charge is -2.13. The lowest BCUT2D eigenvalue weighted by atomic mass is 10.1. The molecule has 4 rings (SSSR count). The second kappa shape index (κ2) is 6.76. The molecule has 6 heteroatoms. The van der Waals surface area contributed by atoms with E-state index in [1.165, 1.54) is 5.56 Å². The summed E-state index contributed by atoms with van der Waals surface area (Å²) in [6, 6.07) is 16.0. The van der Waals surface area contributed by atoms with Gasteiger partial charge in [0.15, 0.2) is 17.0 Å². The summed E-state index contributed by atoms with van der Waals surface area (Å²) in [7, 11) is 0. The predicted octanol–water partition coefficient (Wildman–Crippen LogP) is 4.52. The molecule has 0 amide bonds. The van der Waals surface area contributed by atoms with Crippen LogP contribution in [-0.2, 0) is 0 Å². The summed E-state index contributed by atoms with van der Waals surface area (Å²) in [6.07, 6.45) is 3.27. The average molecular weight is 342 g/mol. The van der Waals surface area contributed by atoms with Crippen LogP contribution >= 0.6 is 0 Å². The van der Waals surface area contributed by atoms with Crippen LogP contribution in [0, 0.1) is 13.8 Å². The molecule has 0 aliphatic heterocycles. The third-order valence-corrected chi connectivity index (χ3v) is 4.01. The van der Waals surface area contributed by atoms with Crippen LogP contribution < -0.4 is 10.6 Å². The van der Waals surface area contributed by atoms with E-state index in [1.54, 1.807) is 12.4 Å². The maximum atomic E-state index is 4.63. The second-order valence-corrected chi connectivity index (χ2v) is 6.06. The summed E-state index contributed by atoms with van der Waals surface area (Å²) >= 11 is 0. The van der Waals surface area contributed by atoms with Crippen molar-refractivity contribution in [2.45, 2.75) is 13.8 Å². The highest BCUT2D eigenvalue weighted by atomic mass is 15.2. The van der Waals surface area contributed by atoms with Gasteiger partial charge in [-0.1, -0.05) is 30.3 Å². The maximum Gasteiger partial charge on any atom is 0.231 e. The first-order valence-electron chi connectivity index (χ1n) is 8.34. The summed E-state index contributed by atoms with van der Waals surface area (Å²) in [5.41, 5.74) is 5.37. The van der Waals surface area contributed by atoms with E-state index in [9.17, 15) is 0 Å². The summed E-state index contributed by atoms with van der Waals surface area (Å²) in [4.78, 5) is 17.8. The van der Waals surface area contributed by atoms with Crippen molar-refractivity contribution in [2.24, 2.45) is 0 Å².